The Morgan fingerprint density at radius 2 is 1.84 bits per heavy atom. The first-order valence-electron chi connectivity index (χ1n) is 12.8. The van der Waals surface area contributed by atoms with Crippen LogP contribution < -0.4 is 10.6 Å². The number of aryl methyl sites for hydroxylation is 1. The quantitative estimate of drug-likeness (QED) is 0.428. The number of rotatable bonds is 8. The largest absolute Gasteiger partial charge is 0.396 e. The summed E-state index contributed by atoms with van der Waals surface area (Å²) in [5, 5.41) is 15.8. The van der Waals surface area contributed by atoms with Crippen LogP contribution in [-0.2, 0) is 14.4 Å². The van der Waals surface area contributed by atoms with E-state index in [1.54, 1.807) is 22.7 Å². The maximum Gasteiger partial charge on any atom is 0.248 e. The zero-order chi connectivity index (χ0) is 26.4. The molecular formula is C28H32ClN3O4S. The third kappa shape index (κ3) is 4.33. The smallest absolute Gasteiger partial charge is 0.248 e. The molecule has 0 saturated carbocycles. The lowest BCUT2D eigenvalue weighted by atomic mass is 9.66. The Morgan fingerprint density at radius 3 is 2.54 bits per heavy atom. The van der Waals surface area contributed by atoms with Crippen molar-refractivity contribution in [3.63, 3.8) is 0 Å². The molecule has 0 radical (unpaired) electrons. The molecule has 5 atom stereocenters. The predicted octanol–water partition coefficient (Wildman–Crippen LogP) is 4.48. The van der Waals surface area contributed by atoms with Crippen molar-refractivity contribution in [2.24, 2.45) is 11.8 Å². The molecule has 3 fully saturated rings. The molecule has 3 saturated heterocycles. The molecule has 2 aromatic rings. The first-order valence-corrected chi connectivity index (χ1v) is 13.9. The number of carbonyl (C=O) groups excluding carboxylic acids is 3. The second-order valence-corrected chi connectivity index (χ2v) is 12.8. The number of likely N-dealkylation sites (tertiary alicyclic amines) is 1. The minimum Gasteiger partial charge on any atom is -0.396 e. The van der Waals surface area contributed by atoms with Crippen LogP contribution in [0, 0.1) is 18.8 Å². The summed E-state index contributed by atoms with van der Waals surface area (Å²) in [6.07, 6.45) is 2.52. The van der Waals surface area contributed by atoms with Crippen LogP contribution in [0.2, 0.25) is 5.02 Å². The van der Waals surface area contributed by atoms with Crippen molar-refractivity contribution in [3.8, 4) is 0 Å². The number of unbranched alkanes of at least 4 members (excludes halogenated alkanes) is 1. The molecule has 3 aliphatic heterocycles. The standard InChI is InChI=1S/C28H32ClN3O4S/c1-17-9-8-12-19(29)22(17)31-25(35)23-28-14-13-27(2,37-28)20(24(34)30-18-10-4-3-5-11-18)21(28)26(36)32(23)15-6-7-16-33/h3-5,8-12,20-21,23,33H,6-7,13-16H2,1-2H3,(H,30,34)(H,31,35)/t20-,21-,23?,27+,28?/m0/s1. The summed E-state index contributed by atoms with van der Waals surface area (Å²) in [4.78, 5) is 43.3. The second-order valence-electron chi connectivity index (χ2n) is 10.5. The molecule has 2 unspecified atom stereocenters. The van der Waals surface area contributed by atoms with Crippen LogP contribution in [0.15, 0.2) is 48.5 Å². The Hall–Kier alpha value is -2.55. The van der Waals surface area contributed by atoms with E-state index in [9.17, 15) is 19.5 Å². The predicted molar refractivity (Wildman–Crippen MR) is 147 cm³/mol. The van der Waals surface area contributed by atoms with Crippen molar-refractivity contribution in [2.45, 2.75) is 55.1 Å². The molecule has 3 aliphatic rings. The van der Waals surface area contributed by atoms with Crippen LogP contribution in [0.5, 0.6) is 0 Å². The topological polar surface area (TPSA) is 98.7 Å². The number of anilines is 2. The molecule has 1 spiro atoms. The van der Waals surface area contributed by atoms with Crippen molar-refractivity contribution in [1.82, 2.24) is 4.90 Å². The molecule has 196 valence electrons. The number of amides is 3. The summed E-state index contributed by atoms with van der Waals surface area (Å²) in [5.41, 5.74) is 2.06. The van der Waals surface area contributed by atoms with Gasteiger partial charge in [-0.1, -0.05) is 41.9 Å². The highest BCUT2D eigenvalue weighted by Crippen LogP contribution is 2.71. The SMILES string of the molecule is Cc1cccc(Cl)c1NC(=O)C1N(CCCCO)C(=O)[C@@H]2[C@@H](C(=O)Nc3ccccc3)[C@@]3(C)CCC12S3. The van der Waals surface area contributed by atoms with E-state index in [2.05, 4.69) is 17.6 Å². The molecule has 3 amide bonds. The summed E-state index contributed by atoms with van der Waals surface area (Å²) >= 11 is 8.05. The molecule has 9 heteroatoms. The van der Waals surface area contributed by atoms with Crippen LogP contribution in [0.3, 0.4) is 0 Å². The molecule has 3 heterocycles. The Balaban J connectivity index is 1.50. The number of hydrogen-bond donors (Lipinski definition) is 3. The average Bonchev–Trinajstić information content (AvgIpc) is 3.43. The fourth-order valence-electron chi connectivity index (χ4n) is 6.48. The summed E-state index contributed by atoms with van der Waals surface area (Å²) in [6, 6.07) is 14.0. The van der Waals surface area contributed by atoms with Gasteiger partial charge in [0.25, 0.3) is 0 Å². The van der Waals surface area contributed by atoms with Crippen molar-refractivity contribution in [1.29, 1.82) is 0 Å². The third-order valence-corrected chi connectivity index (χ3v) is 10.4. The fraction of sp³-hybridized carbons (Fsp3) is 0.464. The molecule has 37 heavy (non-hydrogen) atoms. The summed E-state index contributed by atoms with van der Waals surface area (Å²) < 4.78 is -1.15. The Bertz CT molecular complexity index is 1210. The van der Waals surface area contributed by atoms with E-state index in [0.29, 0.717) is 42.2 Å². The average molecular weight is 542 g/mol. The van der Waals surface area contributed by atoms with Crippen LogP contribution in [0.4, 0.5) is 11.4 Å². The highest BCUT2D eigenvalue weighted by atomic mass is 35.5. The normalized spacial score (nSPS) is 29.9. The lowest BCUT2D eigenvalue weighted by Gasteiger charge is -2.35. The lowest BCUT2D eigenvalue weighted by Crippen LogP contribution is -2.52. The van der Waals surface area contributed by atoms with Gasteiger partial charge < -0.3 is 20.6 Å². The summed E-state index contributed by atoms with van der Waals surface area (Å²) in [6.45, 7) is 4.29. The van der Waals surface area contributed by atoms with Crippen LogP contribution in [0.25, 0.3) is 0 Å². The fourth-order valence-corrected chi connectivity index (χ4v) is 9.11. The molecule has 0 aliphatic carbocycles. The minimum absolute atomic E-state index is 0.0151. The maximum absolute atomic E-state index is 14.0. The zero-order valence-electron chi connectivity index (χ0n) is 21.0. The van der Waals surface area contributed by atoms with Gasteiger partial charge in [-0.05, 0) is 63.3 Å². The third-order valence-electron chi connectivity index (χ3n) is 8.13. The molecule has 5 rings (SSSR count). The number of nitrogens with one attached hydrogen (secondary N) is 2. The maximum atomic E-state index is 14.0. The molecule has 3 N–H and O–H groups in total. The van der Waals surface area contributed by atoms with E-state index in [0.717, 1.165) is 12.0 Å². The number of carbonyl (C=O) groups is 3. The van der Waals surface area contributed by atoms with Gasteiger partial charge >= 0.3 is 0 Å². The number of nitrogens with zero attached hydrogens (tertiary/aromatic N) is 1. The van der Waals surface area contributed by atoms with E-state index >= 15 is 0 Å². The van der Waals surface area contributed by atoms with Crippen molar-refractivity contribution in [3.05, 3.63) is 59.1 Å². The van der Waals surface area contributed by atoms with Gasteiger partial charge in [0.1, 0.15) is 6.04 Å². The van der Waals surface area contributed by atoms with Crippen LogP contribution >= 0.6 is 23.4 Å². The summed E-state index contributed by atoms with van der Waals surface area (Å²) in [7, 11) is 0. The minimum atomic E-state index is -0.735. The highest BCUT2D eigenvalue weighted by molar-refractivity contribution is 8.02. The first kappa shape index (κ1) is 26.1. The Morgan fingerprint density at radius 1 is 1.08 bits per heavy atom. The Labute approximate surface area is 226 Å². The molecule has 0 aromatic heterocycles. The van der Waals surface area contributed by atoms with Crippen molar-refractivity contribution in [2.75, 3.05) is 23.8 Å². The van der Waals surface area contributed by atoms with Crippen molar-refractivity contribution >= 4 is 52.5 Å². The molecule has 7 nitrogen and oxygen atoms in total. The van der Waals surface area contributed by atoms with Gasteiger partial charge in [0, 0.05) is 23.6 Å². The molecule has 2 aromatic carbocycles. The first-order chi connectivity index (χ1) is 17.7. The van der Waals surface area contributed by atoms with Gasteiger partial charge in [-0.3, -0.25) is 14.4 Å². The summed E-state index contributed by atoms with van der Waals surface area (Å²) in [5.74, 6) is -1.77. The number of aliphatic hydroxyl groups is 1. The molecule has 2 bridgehead atoms. The van der Waals surface area contributed by atoms with Gasteiger partial charge in [-0.25, -0.2) is 0 Å². The number of aliphatic hydroxyl groups excluding tert-OH is 1. The number of halogens is 1. The van der Waals surface area contributed by atoms with Crippen LogP contribution in [0.1, 0.15) is 38.2 Å². The number of para-hydroxylation sites is 2. The number of thioether (sulfide) groups is 1. The lowest BCUT2D eigenvalue weighted by molar-refractivity contribution is -0.139. The van der Waals surface area contributed by atoms with Gasteiger partial charge in [-0.2, -0.15) is 0 Å². The zero-order valence-corrected chi connectivity index (χ0v) is 22.6. The van der Waals surface area contributed by atoms with Gasteiger partial charge in [0.2, 0.25) is 17.7 Å². The number of benzene rings is 2. The highest BCUT2D eigenvalue weighted by Gasteiger charge is 2.77. The van der Waals surface area contributed by atoms with Gasteiger partial charge in [0.15, 0.2) is 0 Å². The van der Waals surface area contributed by atoms with Crippen molar-refractivity contribution < 1.29 is 19.5 Å². The van der Waals surface area contributed by atoms with E-state index < -0.39 is 27.4 Å². The van der Waals surface area contributed by atoms with E-state index in [1.807, 2.05) is 49.4 Å². The second kappa shape index (κ2) is 9.97. The van der Waals surface area contributed by atoms with E-state index in [4.69, 9.17) is 11.6 Å². The van der Waals surface area contributed by atoms with Crippen LogP contribution in [-0.4, -0.2) is 56.4 Å². The van der Waals surface area contributed by atoms with Gasteiger partial charge in [-0.15, -0.1) is 11.8 Å². The number of fused-ring (bicyclic) bond motifs is 1. The van der Waals surface area contributed by atoms with Gasteiger partial charge in [0.05, 0.1) is 27.3 Å². The Kier molecular flexibility index (Phi) is 7.02. The van der Waals surface area contributed by atoms with E-state index in [-0.39, 0.29) is 24.3 Å². The van der Waals surface area contributed by atoms with E-state index in [1.165, 1.54) is 0 Å². The molecular weight excluding hydrogens is 510 g/mol. The number of hydrogen-bond acceptors (Lipinski definition) is 5. The monoisotopic (exact) mass is 541 g/mol.